The first kappa shape index (κ1) is 26.6. The van der Waals surface area contributed by atoms with Gasteiger partial charge in [0.2, 0.25) is 11.8 Å². The maximum atomic E-state index is 13.6. The third kappa shape index (κ3) is 8.33. The van der Waals surface area contributed by atoms with Crippen LogP contribution in [0.1, 0.15) is 43.9 Å². The van der Waals surface area contributed by atoms with Crippen LogP contribution in [0.25, 0.3) is 0 Å². The molecule has 0 N–H and O–H groups in total. The molecule has 182 valence electrons. The number of carbonyl (C=O) groups is 2. The number of hydrogen-bond acceptors (Lipinski definition) is 4. The molecule has 0 spiro atoms. The standard InChI is InChI=1S/C26H39N3O4/c1-5-24(22-12-8-7-9-13-22)26(31)29(16-11-18-33-6-2)21-25(30)28(17-19-32-4)20-23-14-10-15-27(23)3/h7-10,12-15,24H,5-6,11,16-21H2,1-4H3. The highest BCUT2D eigenvalue weighted by atomic mass is 16.5. The van der Waals surface area contributed by atoms with E-state index in [2.05, 4.69) is 0 Å². The predicted octanol–water partition coefficient (Wildman–Crippen LogP) is 3.45. The van der Waals surface area contributed by atoms with Crippen LogP contribution >= 0.6 is 0 Å². The first-order valence-corrected chi connectivity index (χ1v) is 11.8. The molecular weight excluding hydrogens is 418 g/mol. The molecular formula is C26H39N3O4. The molecule has 0 aliphatic rings. The number of benzene rings is 1. The van der Waals surface area contributed by atoms with Crippen molar-refractivity contribution in [1.82, 2.24) is 14.4 Å². The van der Waals surface area contributed by atoms with Crippen LogP contribution in [-0.2, 0) is 32.7 Å². The molecule has 2 aromatic rings. The molecule has 0 aliphatic heterocycles. The van der Waals surface area contributed by atoms with Gasteiger partial charge in [-0.25, -0.2) is 0 Å². The minimum absolute atomic E-state index is 0.0147. The molecule has 0 bridgehead atoms. The summed E-state index contributed by atoms with van der Waals surface area (Å²) in [4.78, 5) is 30.4. The molecule has 0 fully saturated rings. The van der Waals surface area contributed by atoms with Crippen molar-refractivity contribution >= 4 is 11.8 Å². The Hall–Kier alpha value is -2.64. The lowest BCUT2D eigenvalue weighted by Crippen LogP contribution is -2.45. The maximum absolute atomic E-state index is 13.6. The third-order valence-corrected chi connectivity index (χ3v) is 5.79. The van der Waals surface area contributed by atoms with Crippen molar-refractivity contribution in [3.05, 3.63) is 59.9 Å². The topological polar surface area (TPSA) is 64.0 Å². The van der Waals surface area contributed by atoms with E-state index in [1.807, 2.05) is 74.1 Å². The molecule has 7 nitrogen and oxygen atoms in total. The Kier molecular flexibility index (Phi) is 11.7. The quantitative estimate of drug-likeness (QED) is 0.384. The highest BCUT2D eigenvalue weighted by Crippen LogP contribution is 2.22. The Bertz CT molecular complexity index is 837. The number of hydrogen-bond donors (Lipinski definition) is 0. The number of nitrogens with zero attached hydrogens (tertiary/aromatic N) is 3. The summed E-state index contributed by atoms with van der Waals surface area (Å²) < 4.78 is 12.7. The lowest BCUT2D eigenvalue weighted by atomic mass is 9.95. The van der Waals surface area contributed by atoms with Crippen LogP contribution in [0.5, 0.6) is 0 Å². The van der Waals surface area contributed by atoms with Gasteiger partial charge in [0.1, 0.15) is 0 Å². The summed E-state index contributed by atoms with van der Waals surface area (Å²) in [7, 11) is 3.59. The van der Waals surface area contributed by atoms with Crippen LogP contribution in [0.15, 0.2) is 48.7 Å². The molecule has 33 heavy (non-hydrogen) atoms. The van der Waals surface area contributed by atoms with E-state index in [4.69, 9.17) is 9.47 Å². The second-order valence-corrected chi connectivity index (χ2v) is 8.10. The van der Waals surface area contributed by atoms with Crippen molar-refractivity contribution in [2.24, 2.45) is 7.05 Å². The Morgan fingerprint density at radius 3 is 2.36 bits per heavy atom. The molecule has 0 aliphatic carbocycles. The smallest absolute Gasteiger partial charge is 0.242 e. The van der Waals surface area contributed by atoms with Gasteiger partial charge in [-0.1, -0.05) is 37.3 Å². The molecule has 1 aromatic carbocycles. The van der Waals surface area contributed by atoms with E-state index in [1.165, 1.54) is 0 Å². The average Bonchev–Trinajstić information content (AvgIpc) is 3.23. The van der Waals surface area contributed by atoms with Gasteiger partial charge in [-0.15, -0.1) is 0 Å². The van der Waals surface area contributed by atoms with E-state index < -0.39 is 0 Å². The van der Waals surface area contributed by atoms with Gasteiger partial charge in [0.25, 0.3) is 0 Å². The van der Waals surface area contributed by atoms with Gasteiger partial charge in [0.05, 0.1) is 25.6 Å². The van der Waals surface area contributed by atoms with Crippen LogP contribution in [0.4, 0.5) is 0 Å². The monoisotopic (exact) mass is 457 g/mol. The van der Waals surface area contributed by atoms with Gasteiger partial charge in [-0.2, -0.15) is 0 Å². The number of amides is 2. The molecule has 0 radical (unpaired) electrons. The number of rotatable bonds is 15. The van der Waals surface area contributed by atoms with Gasteiger partial charge in [0, 0.05) is 52.4 Å². The normalized spacial score (nSPS) is 11.9. The van der Waals surface area contributed by atoms with E-state index in [9.17, 15) is 9.59 Å². The second kappa shape index (κ2) is 14.5. The summed E-state index contributed by atoms with van der Waals surface area (Å²) in [6, 6.07) is 13.8. The first-order chi connectivity index (χ1) is 16.0. The van der Waals surface area contributed by atoms with Crippen LogP contribution in [0, 0.1) is 0 Å². The zero-order chi connectivity index (χ0) is 24.1. The largest absolute Gasteiger partial charge is 0.383 e. The van der Waals surface area contributed by atoms with Crippen molar-refractivity contribution in [3.63, 3.8) is 0 Å². The number of ether oxygens (including phenoxy) is 2. The van der Waals surface area contributed by atoms with E-state index in [-0.39, 0.29) is 24.3 Å². The highest BCUT2D eigenvalue weighted by Gasteiger charge is 2.27. The number of carbonyl (C=O) groups excluding carboxylic acids is 2. The summed E-state index contributed by atoms with van der Waals surface area (Å²) in [6.45, 7) is 7.07. The molecule has 2 amide bonds. The molecule has 1 heterocycles. The van der Waals surface area contributed by atoms with Gasteiger partial charge in [0.15, 0.2) is 0 Å². The third-order valence-electron chi connectivity index (χ3n) is 5.79. The number of aromatic nitrogens is 1. The molecule has 7 heteroatoms. The van der Waals surface area contributed by atoms with Gasteiger partial charge < -0.3 is 23.8 Å². The maximum Gasteiger partial charge on any atom is 0.242 e. The highest BCUT2D eigenvalue weighted by molar-refractivity contribution is 5.88. The lowest BCUT2D eigenvalue weighted by Gasteiger charge is -2.30. The van der Waals surface area contributed by atoms with E-state index in [0.29, 0.717) is 52.3 Å². The SMILES string of the molecule is CCOCCCN(CC(=O)N(CCOC)Cc1cccn1C)C(=O)C(CC)c1ccccc1. The fourth-order valence-electron chi connectivity index (χ4n) is 3.84. The molecule has 1 unspecified atom stereocenters. The van der Waals surface area contributed by atoms with Crippen molar-refractivity contribution in [2.75, 3.05) is 46.6 Å². The molecule has 1 atom stereocenters. The average molecular weight is 458 g/mol. The Morgan fingerprint density at radius 2 is 1.76 bits per heavy atom. The zero-order valence-electron chi connectivity index (χ0n) is 20.5. The fraction of sp³-hybridized carbons (Fsp3) is 0.538. The fourth-order valence-corrected chi connectivity index (χ4v) is 3.84. The number of methoxy groups -OCH3 is 1. The zero-order valence-corrected chi connectivity index (χ0v) is 20.5. The van der Waals surface area contributed by atoms with Crippen LogP contribution in [0.3, 0.4) is 0 Å². The van der Waals surface area contributed by atoms with Crippen molar-refractivity contribution in [1.29, 1.82) is 0 Å². The molecule has 2 rings (SSSR count). The van der Waals surface area contributed by atoms with E-state index >= 15 is 0 Å². The molecule has 0 saturated carbocycles. The minimum atomic E-state index is -0.272. The van der Waals surface area contributed by atoms with Gasteiger partial charge in [-0.3, -0.25) is 9.59 Å². The Labute approximate surface area is 198 Å². The summed E-state index contributed by atoms with van der Waals surface area (Å²) in [5.41, 5.74) is 2.01. The first-order valence-electron chi connectivity index (χ1n) is 11.8. The predicted molar refractivity (Wildman–Crippen MR) is 130 cm³/mol. The number of aryl methyl sites for hydroxylation is 1. The summed E-state index contributed by atoms with van der Waals surface area (Å²) in [5.74, 6) is -0.369. The van der Waals surface area contributed by atoms with Crippen LogP contribution in [-0.4, -0.2) is 72.7 Å². The van der Waals surface area contributed by atoms with Crippen molar-refractivity contribution in [3.8, 4) is 0 Å². The molecule has 1 aromatic heterocycles. The molecule has 0 saturated heterocycles. The van der Waals surface area contributed by atoms with Crippen LogP contribution in [0.2, 0.25) is 0 Å². The van der Waals surface area contributed by atoms with E-state index in [1.54, 1.807) is 16.9 Å². The minimum Gasteiger partial charge on any atom is -0.383 e. The Morgan fingerprint density at radius 1 is 1.00 bits per heavy atom. The van der Waals surface area contributed by atoms with Gasteiger partial charge in [-0.05, 0) is 37.5 Å². The van der Waals surface area contributed by atoms with Crippen molar-refractivity contribution < 1.29 is 19.1 Å². The summed E-state index contributed by atoms with van der Waals surface area (Å²) in [6.07, 6.45) is 3.33. The van der Waals surface area contributed by atoms with Crippen LogP contribution < -0.4 is 0 Å². The summed E-state index contributed by atoms with van der Waals surface area (Å²) >= 11 is 0. The van der Waals surface area contributed by atoms with Crippen molar-refractivity contribution in [2.45, 2.75) is 39.2 Å². The van der Waals surface area contributed by atoms with Gasteiger partial charge >= 0.3 is 0 Å². The lowest BCUT2D eigenvalue weighted by molar-refractivity contribution is -0.142. The Balaban J connectivity index is 2.18. The van der Waals surface area contributed by atoms with E-state index in [0.717, 1.165) is 11.3 Å². The second-order valence-electron chi connectivity index (χ2n) is 8.10. The summed E-state index contributed by atoms with van der Waals surface area (Å²) in [5, 5.41) is 0.